The molecule has 0 amide bonds. The Kier molecular flexibility index (Phi) is 7.73. The molecule has 2 unspecified atom stereocenters. The number of nitrogens with zero attached hydrogens (tertiary/aromatic N) is 2. The van der Waals surface area contributed by atoms with Crippen LogP contribution in [0, 0.1) is 5.92 Å². The Morgan fingerprint density at radius 1 is 0.667 bits per heavy atom. The number of rotatable bonds is 4. The van der Waals surface area contributed by atoms with Gasteiger partial charge in [0.25, 0.3) is 0 Å². The second-order valence-electron chi connectivity index (χ2n) is 16.1. The summed E-state index contributed by atoms with van der Waals surface area (Å²) in [5.41, 5.74) is 18.5. The molecular weight excluding hydrogens is 653 g/mol. The van der Waals surface area contributed by atoms with Crippen LogP contribution in [-0.4, -0.2) is 10.3 Å². The average Bonchev–Trinajstić information content (AvgIpc) is 3.57. The molecule has 0 saturated heterocycles. The van der Waals surface area contributed by atoms with Crippen molar-refractivity contribution in [1.29, 1.82) is 0 Å². The molecule has 0 spiro atoms. The third kappa shape index (κ3) is 4.96. The summed E-state index contributed by atoms with van der Waals surface area (Å²) >= 11 is 0. The molecule has 2 heteroatoms. The first kappa shape index (κ1) is 32.9. The van der Waals surface area contributed by atoms with E-state index in [-0.39, 0.29) is 23.3 Å². The van der Waals surface area contributed by atoms with Crippen molar-refractivity contribution in [2.45, 2.75) is 64.3 Å². The lowest BCUT2D eigenvalue weighted by Crippen LogP contribution is -2.21. The van der Waals surface area contributed by atoms with Crippen LogP contribution in [0.2, 0.25) is 0 Å². The predicted molar refractivity (Wildman–Crippen MR) is 229 cm³/mol. The van der Waals surface area contributed by atoms with Crippen LogP contribution < -0.4 is 0 Å². The van der Waals surface area contributed by atoms with E-state index in [0.29, 0.717) is 0 Å². The standard InChI is InChI=1S/C52H46N2/c1-5-36-47(54-48-27-14-12-22-39(48)43-31-45-42(32-49(43)54)38-21-11-13-25-44(38)52(45,3)4)28-16-26-46(53-51(36)35-18-7-6-8-19-35)41-24-15-23-40-37-20-10-9-17-34(37)30-29-33(2)50(40)41/h6-15,17-25,27-33,36,51H,5,16,26H2,1-4H3/b47-28+,53-46?/t33-,36?,51?/m0/s1. The summed E-state index contributed by atoms with van der Waals surface area (Å²) < 4.78 is 2.61. The van der Waals surface area contributed by atoms with Gasteiger partial charge in [-0.05, 0) is 93.1 Å². The highest BCUT2D eigenvalue weighted by Crippen LogP contribution is 2.52. The zero-order chi connectivity index (χ0) is 36.6. The molecule has 3 atom stereocenters. The van der Waals surface area contributed by atoms with Crippen molar-refractivity contribution in [2.24, 2.45) is 10.9 Å². The topological polar surface area (TPSA) is 17.3 Å². The third-order valence-electron chi connectivity index (χ3n) is 12.7. The van der Waals surface area contributed by atoms with E-state index in [2.05, 4.69) is 184 Å². The average molecular weight is 699 g/mol. The van der Waals surface area contributed by atoms with Gasteiger partial charge in [-0.25, -0.2) is 0 Å². The maximum absolute atomic E-state index is 5.92. The minimum Gasteiger partial charge on any atom is -0.313 e. The largest absolute Gasteiger partial charge is 0.313 e. The molecule has 54 heavy (non-hydrogen) atoms. The molecule has 1 aromatic heterocycles. The van der Waals surface area contributed by atoms with Crippen LogP contribution in [0.25, 0.3) is 55.8 Å². The van der Waals surface area contributed by atoms with Gasteiger partial charge in [0.2, 0.25) is 0 Å². The molecule has 3 aliphatic rings. The lowest BCUT2D eigenvalue weighted by atomic mass is 9.82. The number of aromatic nitrogens is 1. The molecule has 0 saturated carbocycles. The molecule has 0 fully saturated rings. The van der Waals surface area contributed by atoms with Gasteiger partial charge in [-0.3, -0.25) is 4.99 Å². The summed E-state index contributed by atoms with van der Waals surface area (Å²) in [5.74, 6) is 0.438. The Morgan fingerprint density at radius 3 is 2.24 bits per heavy atom. The van der Waals surface area contributed by atoms with Crippen LogP contribution in [0.15, 0.2) is 151 Å². The van der Waals surface area contributed by atoms with E-state index >= 15 is 0 Å². The second-order valence-corrected chi connectivity index (χ2v) is 16.1. The molecule has 2 heterocycles. The highest BCUT2D eigenvalue weighted by Gasteiger charge is 2.37. The second kappa shape index (κ2) is 12.7. The van der Waals surface area contributed by atoms with Gasteiger partial charge < -0.3 is 4.57 Å². The van der Waals surface area contributed by atoms with Gasteiger partial charge in [0, 0.05) is 39.4 Å². The van der Waals surface area contributed by atoms with Crippen molar-refractivity contribution in [2.75, 3.05) is 0 Å². The van der Waals surface area contributed by atoms with Crippen LogP contribution in [0.3, 0.4) is 0 Å². The number of hydrogen-bond acceptors (Lipinski definition) is 1. The van der Waals surface area contributed by atoms with Crippen molar-refractivity contribution in [3.63, 3.8) is 0 Å². The molecule has 0 bridgehead atoms. The molecular formula is C52H46N2. The smallest absolute Gasteiger partial charge is 0.0835 e. The first-order chi connectivity index (χ1) is 26.4. The fourth-order valence-electron chi connectivity index (χ4n) is 10.1. The monoisotopic (exact) mass is 698 g/mol. The highest BCUT2D eigenvalue weighted by molar-refractivity contribution is 6.12. The minimum atomic E-state index is -0.0523. The molecule has 2 aliphatic carbocycles. The lowest BCUT2D eigenvalue weighted by molar-refractivity contribution is 0.505. The summed E-state index contributed by atoms with van der Waals surface area (Å²) in [6.45, 7) is 9.46. The summed E-state index contributed by atoms with van der Waals surface area (Å²) in [7, 11) is 0. The molecule has 7 aromatic rings. The number of allylic oxidation sites excluding steroid dienone is 2. The summed E-state index contributed by atoms with van der Waals surface area (Å²) in [4.78, 5) is 5.92. The van der Waals surface area contributed by atoms with Crippen molar-refractivity contribution in [1.82, 2.24) is 4.57 Å². The van der Waals surface area contributed by atoms with Gasteiger partial charge in [0.15, 0.2) is 0 Å². The van der Waals surface area contributed by atoms with Crippen LogP contribution >= 0.6 is 0 Å². The summed E-state index contributed by atoms with van der Waals surface area (Å²) in [5, 5.41) is 2.65. The predicted octanol–water partition coefficient (Wildman–Crippen LogP) is 13.8. The Labute approximate surface area is 319 Å². The molecule has 6 aromatic carbocycles. The molecule has 1 aliphatic heterocycles. The van der Waals surface area contributed by atoms with E-state index in [1.54, 1.807) is 0 Å². The van der Waals surface area contributed by atoms with E-state index < -0.39 is 0 Å². The Balaban J connectivity index is 1.18. The van der Waals surface area contributed by atoms with E-state index in [9.17, 15) is 0 Å². The molecule has 10 rings (SSSR count). The zero-order valence-corrected chi connectivity index (χ0v) is 31.7. The fraction of sp³-hybridized carbons (Fsp3) is 0.212. The van der Waals surface area contributed by atoms with Crippen LogP contribution in [-0.2, 0) is 5.41 Å². The van der Waals surface area contributed by atoms with Gasteiger partial charge in [-0.1, -0.05) is 161 Å². The summed E-state index contributed by atoms with van der Waals surface area (Å²) in [6, 6.07) is 49.8. The van der Waals surface area contributed by atoms with E-state index in [1.807, 2.05) is 0 Å². The summed E-state index contributed by atoms with van der Waals surface area (Å²) in [6.07, 6.45) is 10.0. The molecule has 264 valence electrons. The zero-order valence-electron chi connectivity index (χ0n) is 31.7. The minimum absolute atomic E-state index is 0.0391. The van der Waals surface area contributed by atoms with Crippen LogP contribution in [0.5, 0.6) is 0 Å². The van der Waals surface area contributed by atoms with Gasteiger partial charge in [-0.2, -0.15) is 0 Å². The van der Waals surface area contributed by atoms with Crippen molar-refractivity contribution < 1.29 is 0 Å². The lowest BCUT2D eigenvalue weighted by Gasteiger charge is -2.31. The SMILES string of the molecule is CCC1/C(n2c3ccccc3c3cc4c(cc32)-c2ccccc2C4(C)C)=C\CCC(c2cccc3c2[C@@H](C)C=Cc2ccccc2-3)=NC1c1ccccc1. The van der Waals surface area contributed by atoms with Crippen LogP contribution in [0.1, 0.15) is 92.3 Å². The maximum Gasteiger partial charge on any atom is 0.0835 e. The normalized spacial score (nSPS) is 20.9. The molecule has 2 nitrogen and oxygen atoms in total. The van der Waals surface area contributed by atoms with Crippen LogP contribution in [0.4, 0.5) is 0 Å². The van der Waals surface area contributed by atoms with Gasteiger partial charge in [0.05, 0.1) is 17.1 Å². The van der Waals surface area contributed by atoms with Gasteiger partial charge in [0.1, 0.15) is 0 Å². The highest BCUT2D eigenvalue weighted by atomic mass is 15.0. The van der Waals surface area contributed by atoms with Crippen molar-refractivity contribution in [3.05, 3.63) is 179 Å². The number of hydrogen-bond donors (Lipinski definition) is 0. The number of aliphatic imine (C=N–C) groups is 1. The molecule has 0 radical (unpaired) electrons. The van der Waals surface area contributed by atoms with Gasteiger partial charge in [-0.15, -0.1) is 0 Å². The first-order valence-electron chi connectivity index (χ1n) is 19.8. The van der Waals surface area contributed by atoms with Gasteiger partial charge >= 0.3 is 0 Å². The quantitative estimate of drug-likeness (QED) is 0.174. The van der Waals surface area contributed by atoms with E-state index in [0.717, 1.165) is 19.3 Å². The number of para-hydroxylation sites is 1. The fourth-order valence-corrected chi connectivity index (χ4v) is 10.1. The Hall–Kier alpha value is -5.73. The third-order valence-corrected chi connectivity index (χ3v) is 12.7. The Bertz CT molecular complexity index is 2700. The first-order valence-corrected chi connectivity index (χ1v) is 19.8. The molecule has 0 N–H and O–H groups in total. The number of fused-ring (bicyclic) bond motifs is 9. The maximum atomic E-state index is 5.92. The Morgan fingerprint density at radius 2 is 1.39 bits per heavy atom. The van der Waals surface area contributed by atoms with E-state index in [4.69, 9.17) is 4.99 Å². The van der Waals surface area contributed by atoms with E-state index in [1.165, 1.54) is 88.8 Å². The van der Waals surface area contributed by atoms with Crippen molar-refractivity contribution >= 4 is 39.3 Å². The van der Waals surface area contributed by atoms with Crippen molar-refractivity contribution in [3.8, 4) is 22.3 Å². The number of benzene rings is 6.